The summed E-state index contributed by atoms with van der Waals surface area (Å²) in [6, 6.07) is 4.26. The number of nitrogens with zero attached hydrogens (tertiary/aromatic N) is 1. The first-order valence-corrected chi connectivity index (χ1v) is 7.56. The van der Waals surface area contributed by atoms with Crippen LogP contribution in [-0.4, -0.2) is 35.7 Å². The maximum absolute atomic E-state index is 9.34. The smallest absolute Gasteiger partial charge is 0.0931 e. The van der Waals surface area contributed by atoms with Gasteiger partial charge in [0.25, 0.3) is 0 Å². The highest BCUT2D eigenvalue weighted by molar-refractivity contribution is 7.16. The summed E-state index contributed by atoms with van der Waals surface area (Å²) < 4.78 is 0.808. The van der Waals surface area contributed by atoms with Crippen molar-refractivity contribution in [2.24, 2.45) is 11.7 Å². The summed E-state index contributed by atoms with van der Waals surface area (Å²) in [5, 5.41) is 9.34. The molecule has 1 aromatic rings. The van der Waals surface area contributed by atoms with Crippen molar-refractivity contribution in [3.05, 3.63) is 21.3 Å². The number of aliphatic hydroxyl groups excluding tert-OH is 1. The standard InChI is InChI=1S/C13H21ClN2OS/c1-8(15)13(11-3-4-12(14)18-11)16(2)7-9-5-10(17)6-9/h3-4,8-10,13,17H,5-7,15H2,1-2H3. The first-order valence-electron chi connectivity index (χ1n) is 6.36. The fourth-order valence-corrected chi connectivity index (χ4v) is 4.08. The summed E-state index contributed by atoms with van der Waals surface area (Å²) in [7, 11) is 2.10. The van der Waals surface area contributed by atoms with E-state index in [1.807, 2.05) is 13.0 Å². The van der Waals surface area contributed by atoms with E-state index in [0.717, 1.165) is 23.7 Å². The van der Waals surface area contributed by atoms with Gasteiger partial charge in [-0.3, -0.25) is 4.90 Å². The number of hydrogen-bond donors (Lipinski definition) is 2. The second-order valence-corrected chi connectivity index (χ2v) is 7.12. The number of halogens is 1. The van der Waals surface area contributed by atoms with Crippen LogP contribution in [0.15, 0.2) is 12.1 Å². The molecule has 0 aromatic carbocycles. The third kappa shape index (κ3) is 3.25. The molecule has 1 fully saturated rings. The van der Waals surface area contributed by atoms with Gasteiger partial charge >= 0.3 is 0 Å². The number of aliphatic hydroxyl groups is 1. The molecule has 0 spiro atoms. The van der Waals surface area contributed by atoms with E-state index in [-0.39, 0.29) is 18.2 Å². The predicted molar refractivity (Wildman–Crippen MR) is 77.1 cm³/mol. The summed E-state index contributed by atoms with van der Waals surface area (Å²) in [6.45, 7) is 3.02. The van der Waals surface area contributed by atoms with E-state index in [1.165, 1.54) is 4.88 Å². The molecule has 2 rings (SSSR count). The van der Waals surface area contributed by atoms with Gasteiger partial charge in [-0.25, -0.2) is 0 Å². The minimum Gasteiger partial charge on any atom is -0.393 e. The van der Waals surface area contributed by atoms with E-state index in [0.29, 0.717) is 5.92 Å². The SMILES string of the molecule is CC(N)C(c1ccc(Cl)s1)N(C)CC1CC(O)C1. The zero-order chi connectivity index (χ0) is 13.3. The molecule has 0 saturated heterocycles. The van der Waals surface area contributed by atoms with Crippen LogP contribution in [0.4, 0.5) is 0 Å². The van der Waals surface area contributed by atoms with E-state index < -0.39 is 0 Å². The Morgan fingerprint density at radius 2 is 2.22 bits per heavy atom. The van der Waals surface area contributed by atoms with Gasteiger partial charge in [0.1, 0.15) is 0 Å². The monoisotopic (exact) mass is 288 g/mol. The number of thiophene rings is 1. The van der Waals surface area contributed by atoms with Crippen LogP contribution in [0.1, 0.15) is 30.7 Å². The Morgan fingerprint density at radius 3 is 2.67 bits per heavy atom. The Kier molecular flexibility index (Phi) is 4.67. The number of rotatable bonds is 5. The summed E-state index contributed by atoms with van der Waals surface area (Å²) in [5.41, 5.74) is 6.11. The minimum absolute atomic E-state index is 0.0646. The van der Waals surface area contributed by atoms with Gasteiger partial charge in [-0.2, -0.15) is 0 Å². The average molecular weight is 289 g/mol. The van der Waals surface area contributed by atoms with Crippen LogP contribution < -0.4 is 5.73 Å². The Bertz CT molecular complexity index is 390. The van der Waals surface area contributed by atoms with Gasteiger partial charge in [0.2, 0.25) is 0 Å². The molecule has 3 N–H and O–H groups in total. The van der Waals surface area contributed by atoms with Crippen molar-refractivity contribution in [1.82, 2.24) is 4.90 Å². The molecule has 0 amide bonds. The van der Waals surface area contributed by atoms with Crippen molar-refractivity contribution >= 4 is 22.9 Å². The topological polar surface area (TPSA) is 49.5 Å². The molecule has 1 aromatic heterocycles. The molecule has 0 bridgehead atoms. The van der Waals surface area contributed by atoms with Crippen molar-refractivity contribution < 1.29 is 5.11 Å². The molecule has 18 heavy (non-hydrogen) atoms. The fourth-order valence-electron chi connectivity index (χ4n) is 2.74. The Balaban J connectivity index is 2.01. The summed E-state index contributed by atoms with van der Waals surface area (Å²) in [4.78, 5) is 3.51. The van der Waals surface area contributed by atoms with E-state index in [1.54, 1.807) is 11.3 Å². The molecular formula is C13H21ClN2OS. The lowest BCUT2D eigenvalue weighted by molar-refractivity contribution is 0.0206. The first-order chi connectivity index (χ1) is 8.47. The van der Waals surface area contributed by atoms with Gasteiger partial charge in [0, 0.05) is 17.5 Å². The lowest BCUT2D eigenvalue weighted by atomic mass is 9.82. The van der Waals surface area contributed by atoms with Crippen LogP contribution in [-0.2, 0) is 0 Å². The number of nitrogens with two attached hydrogens (primary N) is 1. The lowest BCUT2D eigenvalue weighted by Gasteiger charge is -2.38. The van der Waals surface area contributed by atoms with Crippen LogP contribution in [0.2, 0.25) is 4.34 Å². The normalized spacial score (nSPS) is 27.0. The van der Waals surface area contributed by atoms with E-state index in [9.17, 15) is 5.11 Å². The molecule has 2 unspecified atom stereocenters. The van der Waals surface area contributed by atoms with Crippen molar-refractivity contribution in [3.63, 3.8) is 0 Å². The molecular weight excluding hydrogens is 268 g/mol. The predicted octanol–water partition coefficient (Wildman–Crippen LogP) is 2.49. The highest BCUT2D eigenvalue weighted by Crippen LogP contribution is 2.34. The Morgan fingerprint density at radius 1 is 1.56 bits per heavy atom. The van der Waals surface area contributed by atoms with Crippen LogP contribution in [0.25, 0.3) is 0 Å². The van der Waals surface area contributed by atoms with Crippen LogP contribution in [0.3, 0.4) is 0 Å². The Labute approximate surface area is 118 Å². The summed E-state index contributed by atoms with van der Waals surface area (Å²) >= 11 is 7.60. The Hall–Kier alpha value is -0.130. The zero-order valence-electron chi connectivity index (χ0n) is 10.8. The van der Waals surface area contributed by atoms with Crippen molar-refractivity contribution in [2.45, 2.75) is 38.0 Å². The largest absolute Gasteiger partial charge is 0.393 e. The van der Waals surface area contributed by atoms with E-state index in [4.69, 9.17) is 17.3 Å². The third-order valence-corrected chi connectivity index (χ3v) is 4.92. The summed E-state index contributed by atoms with van der Waals surface area (Å²) in [6.07, 6.45) is 1.75. The molecule has 0 aliphatic heterocycles. The molecule has 3 nitrogen and oxygen atoms in total. The number of hydrogen-bond acceptors (Lipinski definition) is 4. The fraction of sp³-hybridized carbons (Fsp3) is 0.692. The molecule has 1 aliphatic carbocycles. The van der Waals surface area contributed by atoms with Gasteiger partial charge in [-0.05, 0) is 44.9 Å². The highest BCUT2D eigenvalue weighted by Gasteiger charge is 2.31. The van der Waals surface area contributed by atoms with Crippen LogP contribution in [0, 0.1) is 5.92 Å². The van der Waals surface area contributed by atoms with Crippen LogP contribution >= 0.6 is 22.9 Å². The average Bonchev–Trinajstić information content (AvgIpc) is 2.62. The van der Waals surface area contributed by atoms with E-state index >= 15 is 0 Å². The first kappa shape index (κ1) is 14.3. The van der Waals surface area contributed by atoms with Gasteiger partial charge < -0.3 is 10.8 Å². The van der Waals surface area contributed by atoms with Gasteiger partial charge in [0.15, 0.2) is 0 Å². The molecule has 1 heterocycles. The second kappa shape index (κ2) is 5.88. The van der Waals surface area contributed by atoms with Gasteiger partial charge in [-0.1, -0.05) is 11.6 Å². The quantitative estimate of drug-likeness (QED) is 0.875. The third-order valence-electron chi connectivity index (χ3n) is 3.62. The zero-order valence-corrected chi connectivity index (χ0v) is 12.4. The second-order valence-electron chi connectivity index (χ2n) is 5.38. The van der Waals surface area contributed by atoms with Gasteiger partial charge in [-0.15, -0.1) is 11.3 Å². The van der Waals surface area contributed by atoms with Crippen molar-refractivity contribution in [1.29, 1.82) is 0 Å². The number of likely N-dealkylation sites (N-methyl/N-ethyl adjacent to an activating group) is 1. The van der Waals surface area contributed by atoms with Crippen molar-refractivity contribution in [2.75, 3.05) is 13.6 Å². The molecule has 2 atom stereocenters. The van der Waals surface area contributed by atoms with Gasteiger partial charge in [0.05, 0.1) is 16.5 Å². The lowest BCUT2D eigenvalue weighted by Crippen LogP contribution is -2.42. The molecule has 1 aliphatic rings. The van der Waals surface area contributed by atoms with Crippen molar-refractivity contribution in [3.8, 4) is 0 Å². The van der Waals surface area contributed by atoms with Crippen LogP contribution in [0.5, 0.6) is 0 Å². The molecule has 1 saturated carbocycles. The highest BCUT2D eigenvalue weighted by atomic mass is 35.5. The molecule has 5 heteroatoms. The maximum atomic E-state index is 9.34. The molecule has 102 valence electrons. The minimum atomic E-state index is -0.0895. The molecule has 0 radical (unpaired) electrons. The maximum Gasteiger partial charge on any atom is 0.0931 e. The van der Waals surface area contributed by atoms with E-state index in [2.05, 4.69) is 18.0 Å². The summed E-state index contributed by atoms with van der Waals surface area (Å²) in [5.74, 6) is 0.599.